The third-order valence-electron chi connectivity index (χ3n) is 5.23. The minimum Gasteiger partial charge on any atom is -0.493 e. The van der Waals surface area contributed by atoms with Crippen LogP contribution in [0.15, 0.2) is 47.8 Å². The third-order valence-corrected chi connectivity index (χ3v) is 6.06. The van der Waals surface area contributed by atoms with Crippen molar-refractivity contribution in [1.82, 2.24) is 15.2 Å². The van der Waals surface area contributed by atoms with Gasteiger partial charge >= 0.3 is 6.03 Å². The summed E-state index contributed by atoms with van der Waals surface area (Å²) in [6.45, 7) is 1.11. The molecule has 3 amide bonds. The predicted octanol–water partition coefficient (Wildman–Crippen LogP) is 3.95. The first-order valence-corrected chi connectivity index (χ1v) is 12.1. The van der Waals surface area contributed by atoms with Gasteiger partial charge in [-0.1, -0.05) is 18.2 Å². The van der Waals surface area contributed by atoms with Gasteiger partial charge in [-0.3, -0.25) is 4.79 Å². The number of ether oxygens (including phenoxy) is 3. The van der Waals surface area contributed by atoms with Crippen molar-refractivity contribution in [3.63, 3.8) is 0 Å². The van der Waals surface area contributed by atoms with Crippen LogP contribution in [0.2, 0.25) is 0 Å². The van der Waals surface area contributed by atoms with E-state index in [1.54, 1.807) is 31.7 Å². The van der Waals surface area contributed by atoms with E-state index in [4.69, 9.17) is 14.2 Å². The summed E-state index contributed by atoms with van der Waals surface area (Å²) < 4.78 is 29.6. The first-order valence-electron chi connectivity index (χ1n) is 11.2. The van der Waals surface area contributed by atoms with Crippen molar-refractivity contribution in [2.24, 2.45) is 0 Å². The number of carbonyl (C=O) groups is 2. The summed E-state index contributed by atoms with van der Waals surface area (Å²) in [4.78, 5) is 31.2. The molecule has 192 valence electrons. The van der Waals surface area contributed by atoms with Gasteiger partial charge in [-0.2, -0.15) is 0 Å². The first kappa shape index (κ1) is 26.9. The Bertz CT molecular complexity index is 1170. The van der Waals surface area contributed by atoms with E-state index in [1.165, 1.54) is 35.5 Å². The summed E-state index contributed by atoms with van der Waals surface area (Å²) in [7, 11) is 4.68. The van der Waals surface area contributed by atoms with Crippen molar-refractivity contribution in [3.05, 3.63) is 69.9 Å². The number of urea groups is 1. The molecule has 0 radical (unpaired) electrons. The largest absolute Gasteiger partial charge is 0.493 e. The van der Waals surface area contributed by atoms with E-state index < -0.39 is 11.8 Å². The molecule has 3 rings (SSSR count). The van der Waals surface area contributed by atoms with E-state index in [0.29, 0.717) is 36.1 Å². The monoisotopic (exact) mass is 516 g/mol. The van der Waals surface area contributed by atoms with Crippen LogP contribution in [-0.2, 0) is 17.7 Å². The highest BCUT2D eigenvalue weighted by molar-refractivity contribution is 7.09. The molecule has 0 atom stereocenters. The van der Waals surface area contributed by atoms with E-state index in [2.05, 4.69) is 15.6 Å². The molecule has 0 fully saturated rings. The first-order chi connectivity index (χ1) is 17.4. The standard InChI is InChI=1S/C25H29FN4O5S/c1-33-13-12-30(25(32)29-19-7-5-4-6-18(19)26)15-23-28-20(16-36-23)24(31)27-11-10-17-8-9-21(34-2)22(14-17)35-3/h4-9,14,16H,10-13,15H2,1-3H3,(H,27,31)(H,29,32). The number of methoxy groups -OCH3 is 3. The number of aromatic nitrogens is 1. The summed E-state index contributed by atoms with van der Waals surface area (Å²) in [6, 6.07) is 11.0. The SMILES string of the molecule is COCCN(Cc1nc(C(=O)NCCc2ccc(OC)c(OC)c2)cs1)C(=O)Nc1ccccc1F. The van der Waals surface area contributed by atoms with E-state index in [1.807, 2.05) is 18.2 Å². The highest BCUT2D eigenvalue weighted by atomic mass is 32.1. The fourth-order valence-corrected chi connectivity index (χ4v) is 4.10. The molecular weight excluding hydrogens is 487 g/mol. The number of thiazole rings is 1. The fourth-order valence-electron chi connectivity index (χ4n) is 3.31. The summed E-state index contributed by atoms with van der Waals surface area (Å²) in [5, 5.41) is 7.63. The number of carbonyl (C=O) groups excluding carboxylic acids is 2. The smallest absolute Gasteiger partial charge is 0.322 e. The van der Waals surface area contributed by atoms with Crippen molar-refractivity contribution in [2.45, 2.75) is 13.0 Å². The van der Waals surface area contributed by atoms with E-state index in [-0.39, 0.29) is 30.4 Å². The summed E-state index contributed by atoms with van der Waals surface area (Å²) in [5.41, 5.74) is 1.34. The van der Waals surface area contributed by atoms with Crippen molar-refractivity contribution in [1.29, 1.82) is 0 Å². The van der Waals surface area contributed by atoms with Gasteiger partial charge in [0.2, 0.25) is 0 Å². The van der Waals surface area contributed by atoms with Gasteiger partial charge in [-0.15, -0.1) is 11.3 Å². The maximum Gasteiger partial charge on any atom is 0.322 e. The van der Waals surface area contributed by atoms with Gasteiger partial charge in [0.25, 0.3) is 5.91 Å². The van der Waals surface area contributed by atoms with Gasteiger partial charge in [0, 0.05) is 25.6 Å². The van der Waals surface area contributed by atoms with Crippen LogP contribution in [0.5, 0.6) is 11.5 Å². The van der Waals surface area contributed by atoms with Gasteiger partial charge in [-0.05, 0) is 36.2 Å². The molecule has 2 N–H and O–H groups in total. The normalized spacial score (nSPS) is 10.6. The van der Waals surface area contributed by atoms with Gasteiger partial charge in [-0.25, -0.2) is 14.2 Å². The Hall–Kier alpha value is -3.70. The van der Waals surface area contributed by atoms with Gasteiger partial charge in [0.1, 0.15) is 16.5 Å². The zero-order valence-electron chi connectivity index (χ0n) is 20.4. The zero-order valence-corrected chi connectivity index (χ0v) is 21.2. The number of hydrogen-bond acceptors (Lipinski definition) is 7. The number of benzene rings is 2. The predicted molar refractivity (Wildman–Crippen MR) is 135 cm³/mol. The molecule has 0 spiro atoms. The zero-order chi connectivity index (χ0) is 25.9. The second-order valence-corrected chi connectivity index (χ2v) is 8.59. The van der Waals surface area contributed by atoms with E-state index >= 15 is 0 Å². The molecule has 1 heterocycles. The lowest BCUT2D eigenvalue weighted by molar-refractivity contribution is 0.0949. The topological polar surface area (TPSA) is 102 Å². The Morgan fingerprint density at radius 2 is 1.86 bits per heavy atom. The number of anilines is 1. The second-order valence-electron chi connectivity index (χ2n) is 7.65. The molecule has 0 bridgehead atoms. The van der Waals surface area contributed by atoms with Gasteiger partial charge in [0.05, 0.1) is 33.1 Å². The Labute approximate surface area is 213 Å². The van der Waals surface area contributed by atoms with E-state index in [0.717, 1.165) is 5.56 Å². The second kappa shape index (κ2) is 13.4. The molecule has 0 aliphatic heterocycles. The third kappa shape index (κ3) is 7.40. The molecule has 9 nitrogen and oxygen atoms in total. The van der Waals surface area contributed by atoms with Crippen LogP contribution in [0.3, 0.4) is 0 Å². The number of halogens is 1. The number of para-hydroxylation sites is 1. The Balaban J connectivity index is 1.57. The van der Waals surface area contributed by atoms with Crippen LogP contribution in [0.25, 0.3) is 0 Å². The van der Waals surface area contributed by atoms with Crippen LogP contribution >= 0.6 is 11.3 Å². The van der Waals surface area contributed by atoms with Crippen molar-refractivity contribution in [2.75, 3.05) is 46.3 Å². The Morgan fingerprint density at radius 1 is 1.08 bits per heavy atom. The van der Waals surface area contributed by atoms with Crippen LogP contribution in [0.4, 0.5) is 14.9 Å². The van der Waals surface area contributed by atoms with Crippen LogP contribution < -0.4 is 20.1 Å². The number of hydrogen-bond donors (Lipinski definition) is 2. The number of nitrogens with zero attached hydrogens (tertiary/aromatic N) is 2. The Kier molecular flexibility index (Phi) is 10.0. The fraction of sp³-hybridized carbons (Fsp3) is 0.320. The quantitative estimate of drug-likeness (QED) is 0.378. The van der Waals surface area contributed by atoms with E-state index in [9.17, 15) is 14.0 Å². The highest BCUT2D eigenvalue weighted by Crippen LogP contribution is 2.27. The molecule has 0 aliphatic rings. The average Bonchev–Trinajstić information content (AvgIpc) is 3.36. The van der Waals surface area contributed by atoms with Crippen LogP contribution in [-0.4, -0.2) is 62.8 Å². The lowest BCUT2D eigenvalue weighted by Gasteiger charge is -2.22. The molecule has 0 aliphatic carbocycles. The van der Waals surface area contributed by atoms with Gasteiger partial charge in [0.15, 0.2) is 11.5 Å². The van der Waals surface area contributed by atoms with Crippen molar-refractivity contribution >= 4 is 29.0 Å². The Morgan fingerprint density at radius 3 is 2.58 bits per heavy atom. The van der Waals surface area contributed by atoms with Crippen molar-refractivity contribution < 1.29 is 28.2 Å². The minimum absolute atomic E-state index is 0.0820. The molecule has 3 aromatic rings. The lowest BCUT2D eigenvalue weighted by atomic mass is 10.1. The molecule has 0 saturated heterocycles. The number of amides is 3. The number of nitrogens with one attached hydrogen (secondary N) is 2. The summed E-state index contributed by atoms with van der Waals surface area (Å²) in [5.74, 6) is 0.431. The molecule has 11 heteroatoms. The van der Waals surface area contributed by atoms with Gasteiger partial charge < -0.3 is 29.7 Å². The molecule has 1 aromatic heterocycles. The van der Waals surface area contributed by atoms with Crippen LogP contribution in [0, 0.1) is 5.82 Å². The molecule has 0 saturated carbocycles. The summed E-state index contributed by atoms with van der Waals surface area (Å²) >= 11 is 1.27. The maximum absolute atomic E-state index is 13.9. The molecule has 0 unspecified atom stereocenters. The van der Waals surface area contributed by atoms with Crippen molar-refractivity contribution in [3.8, 4) is 11.5 Å². The number of rotatable bonds is 12. The lowest BCUT2D eigenvalue weighted by Crippen LogP contribution is -2.37. The molecule has 36 heavy (non-hydrogen) atoms. The molecule has 2 aromatic carbocycles. The maximum atomic E-state index is 13.9. The highest BCUT2D eigenvalue weighted by Gasteiger charge is 2.18. The average molecular weight is 517 g/mol. The molecular formula is C25H29FN4O5S. The summed E-state index contributed by atoms with van der Waals surface area (Å²) in [6.07, 6.45) is 0.601. The minimum atomic E-state index is -0.529. The van der Waals surface area contributed by atoms with Crippen LogP contribution in [0.1, 0.15) is 21.1 Å².